The lowest BCUT2D eigenvalue weighted by Crippen LogP contribution is -2.47. The van der Waals surface area contributed by atoms with Gasteiger partial charge < -0.3 is 14.6 Å². The maximum absolute atomic E-state index is 12.7. The van der Waals surface area contributed by atoms with Gasteiger partial charge in [0.1, 0.15) is 5.65 Å². The topological polar surface area (TPSA) is 49.6 Å². The fourth-order valence-corrected chi connectivity index (χ4v) is 3.58. The highest BCUT2D eigenvalue weighted by Crippen LogP contribution is 2.17. The molecular formula is C19H28N4O. The number of nitrogens with one attached hydrogen (secondary N) is 1. The minimum atomic E-state index is -0.00279. The summed E-state index contributed by atoms with van der Waals surface area (Å²) in [5.74, 6) is -0.00279. The Morgan fingerprint density at radius 2 is 2.08 bits per heavy atom. The molecule has 3 rings (SSSR count). The van der Waals surface area contributed by atoms with E-state index >= 15 is 0 Å². The van der Waals surface area contributed by atoms with E-state index in [1.54, 1.807) is 0 Å². The quantitative estimate of drug-likeness (QED) is 0.939. The molecule has 5 heteroatoms. The highest BCUT2D eigenvalue weighted by molar-refractivity contribution is 6.00. The number of carbonyl (C=O) groups is 1. The van der Waals surface area contributed by atoms with Crippen LogP contribution < -0.4 is 5.32 Å². The van der Waals surface area contributed by atoms with E-state index in [0.29, 0.717) is 11.6 Å². The summed E-state index contributed by atoms with van der Waals surface area (Å²) in [5, 5.41) is 3.21. The SMILES string of the molecule is CCC(C)N1CCC(NC(=O)c2ccn3c(C)cc(C)nc23)CC1. The van der Waals surface area contributed by atoms with Crippen LogP contribution in [0.3, 0.4) is 0 Å². The molecule has 1 amide bonds. The van der Waals surface area contributed by atoms with Crippen LogP contribution in [-0.4, -0.2) is 45.4 Å². The Balaban J connectivity index is 1.68. The highest BCUT2D eigenvalue weighted by Gasteiger charge is 2.24. The average molecular weight is 328 g/mol. The molecule has 0 spiro atoms. The first-order valence-electron chi connectivity index (χ1n) is 8.99. The Labute approximate surface area is 144 Å². The lowest BCUT2D eigenvalue weighted by atomic mass is 10.0. The largest absolute Gasteiger partial charge is 0.349 e. The monoisotopic (exact) mass is 328 g/mol. The maximum Gasteiger partial charge on any atom is 0.255 e. The molecule has 1 N–H and O–H groups in total. The molecule has 1 aliphatic heterocycles. The third-order valence-corrected chi connectivity index (χ3v) is 5.26. The van der Waals surface area contributed by atoms with Crippen molar-refractivity contribution in [2.45, 2.75) is 59.0 Å². The number of aryl methyl sites for hydroxylation is 2. The van der Waals surface area contributed by atoms with Gasteiger partial charge in [0.25, 0.3) is 5.91 Å². The third kappa shape index (κ3) is 3.31. The van der Waals surface area contributed by atoms with E-state index in [9.17, 15) is 4.79 Å². The van der Waals surface area contributed by atoms with E-state index in [2.05, 4.69) is 29.0 Å². The predicted octanol–water partition coefficient (Wildman–Crippen LogP) is 2.94. The Kier molecular flexibility index (Phi) is 4.90. The molecule has 0 saturated carbocycles. The Bertz CT molecular complexity index is 728. The number of fused-ring (bicyclic) bond motifs is 1. The number of carbonyl (C=O) groups excluding carboxylic acids is 1. The fraction of sp³-hybridized carbons (Fsp3) is 0.579. The lowest BCUT2D eigenvalue weighted by molar-refractivity contribution is 0.0896. The van der Waals surface area contributed by atoms with Gasteiger partial charge in [0.05, 0.1) is 5.56 Å². The molecule has 0 bridgehead atoms. The number of hydrogen-bond acceptors (Lipinski definition) is 3. The molecule has 0 aliphatic carbocycles. The molecule has 3 heterocycles. The molecular weight excluding hydrogens is 300 g/mol. The van der Waals surface area contributed by atoms with Crippen molar-refractivity contribution >= 4 is 11.6 Å². The van der Waals surface area contributed by atoms with Gasteiger partial charge in [-0.2, -0.15) is 0 Å². The van der Waals surface area contributed by atoms with E-state index < -0.39 is 0 Å². The Hall–Kier alpha value is -1.88. The molecule has 130 valence electrons. The molecule has 1 saturated heterocycles. The van der Waals surface area contributed by atoms with Crippen molar-refractivity contribution in [1.82, 2.24) is 19.6 Å². The Morgan fingerprint density at radius 1 is 1.38 bits per heavy atom. The number of piperidine rings is 1. The van der Waals surface area contributed by atoms with Gasteiger partial charge in [0, 0.05) is 42.8 Å². The zero-order valence-electron chi connectivity index (χ0n) is 15.2. The van der Waals surface area contributed by atoms with Crippen LogP contribution in [0.4, 0.5) is 0 Å². The van der Waals surface area contributed by atoms with Crippen LogP contribution in [0.5, 0.6) is 0 Å². The third-order valence-electron chi connectivity index (χ3n) is 5.26. The summed E-state index contributed by atoms with van der Waals surface area (Å²) in [6, 6.07) is 4.79. The number of nitrogens with zero attached hydrogens (tertiary/aromatic N) is 3. The second-order valence-electron chi connectivity index (χ2n) is 7.00. The van der Waals surface area contributed by atoms with E-state index in [1.807, 2.05) is 36.6 Å². The summed E-state index contributed by atoms with van der Waals surface area (Å²) >= 11 is 0. The first-order valence-corrected chi connectivity index (χ1v) is 8.99. The molecule has 2 aromatic heterocycles. The van der Waals surface area contributed by atoms with Gasteiger partial charge in [0.2, 0.25) is 0 Å². The number of amides is 1. The Morgan fingerprint density at radius 3 is 2.75 bits per heavy atom. The van der Waals surface area contributed by atoms with Gasteiger partial charge in [-0.15, -0.1) is 0 Å². The summed E-state index contributed by atoms with van der Waals surface area (Å²) in [6.07, 6.45) is 5.15. The standard InChI is InChI=1S/C19H28N4O/c1-5-14(3)22-9-6-16(7-10-22)21-19(24)17-8-11-23-15(4)12-13(2)20-18(17)23/h8,11-12,14,16H,5-7,9-10H2,1-4H3,(H,21,24). The van der Waals surface area contributed by atoms with Gasteiger partial charge in [-0.25, -0.2) is 4.98 Å². The van der Waals surface area contributed by atoms with Gasteiger partial charge in [-0.05, 0) is 52.2 Å². The van der Waals surface area contributed by atoms with Crippen LogP contribution in [0.1, 0.15) is 54.9 Å². The molecule has 1 aliphatic rings. The van der Waals surface area contributed by atoms with E-state index in [-0.39, 0.29) is 11.9 Å². The average Bonchev–Trinajstić information content (AvgIpc) is 2.99. The zero-order valence-corrected chi connectivity index (χ0v) is 15.2. The van der Waals surface area contributed by atoms with Crippen LogP contribution in [0.2, 0.25) is 0 Å². The summed E-state index contributed by atoms with van der Waals surface area (Å²) in [5.41, 5.74) is 3.46. The minimum Gasteiger partial charge on any atom is -0.349 e. The summed E-state index contributed by atoms with van der Waals surface area (Å²) in [7, 11) is 0. The molecule has 1 atom stereocenters. The first kappa shape index (κ1) is 17.0. The molecule has 1 unspecified atom stereocenters. The van der Waals surface area contributed by atoms with Crippen LogP contribution in [0.25, 0.3) is 5.65 Å². The van der Waals surface area contributed by atoms with Gasteiger partial charge >= 0.3 is 0 Å². The number of likely N-dealkylation sites (tertiary alicyclic amines) is 1. The normalized spacial score (nSPS) is 18.0. The molecule has 0 radical (unpaired) electrons. The minimum absolute atomic E-state index is 0.00279. The predicted molar refractivity (Wildman–Crippen MR) is 96.5 cm³/mol. The van der Waals surface area contributed by atoms with Crippen LogP contribution in [0.15, 0.2) is 18.3 Å². The van der Waals surface area contributed by atoms with Crippen molar-refractivity contribution in [2.24, 2.45) is 0 Å². The maximum atomic E-state index is 12.7. The first-order chi connectivity index (χ1) is 11.5. The van der Waals surface area contributed by atoms with Crippen LogP contribution >= 0.6 is 0 Å². The summed E-state index contributed by atoms with van der Waals surface area (Å²) in [4.78, 5) is 19.8. The van der Waals surface area contributed by atoms with Gasteiger partial charge in [-0.1, -0.05) is 6.92 Å². The van der Waals surface area contributed by atoms with Gasteiger partial charge in [-0.3, -0.25) is 4.79 Å². The second kappa shape index (κ2) is 6.93. The zero-order chi connectivity index (χ0) is 17.3. The summed E-state index contributed by atoms with van der Waals surface area (Å²) in [6.45, 7) is 10.6. The van der Waals surface area contributed by atoms with Crippen molar-refractivity contribution in [3.8, 4) is 0 Å². The highest BCUT2D eigenvalue weighted by atomic mass is 16.1. The van der Waals surface area contributed by atoms with Crippen LogP contribution in [0, 0.1) is 13.8 Å². The smallest absolute Gasteiger partial charge is 0.255 e. The number of rotatable bonds is 4. The number of hydrogen-bond donors (Lipinski definition) is 1. The van der Waals surface area contributed by atoms with E-state index in [0.717, 1.165) is 43.0 Å². The van der Waals surface area contributed by atoms with Crippen molar-refractivity contribution in [3.05, 3.63) is 35.3 Å². The lowest BCUT2D eigenvalue weighted by Gasteiger charge is -2.35. The van der Waals surface area contributed by atoms with E-state index in [4.69, 9.17) is 0 Å². The molecule has 2 aromatic rings. The molecule has 5 nitrogen and oxygen atoms in total. The summed E-state index contributed by atoms with van der Waals surface area (Å²) < 4.78 is 1.98. The van der Waals surface area contributed by atoms with Crippen molar-refractivity contribution < 1.29 is 4.79 Å². The van der Waals surface area contributed by atoms with Crippen molar-refractivity contribution in [1.29, 1.82) is 0 Å². The number of aromatic nitrogens is 2. The fourth-order valence-electron chi connectivity index (χ4n) is 3.58. The van der Waals surface area contributed by atoms with Gasteiger partial charge in [0.15, 0.2) is 0 Å². The van der Waals surface area contributed by atoms with E-state index in [1.165, 1.54) is 6.42 Å². The molecule has 0 aromatic carbocycles. The van der Waals surface area contributed by atoms with Crippen molar-refractivity contribution in [2.75, 3.05) is 13.1 Å². The molecule has 1 fully saturated rings. The van der Waals surface area contributed by atoms with Crippen molar-refractivity contribution in [3.63, 3.8) is 0 Å². The van der Waals surface area contributed by atoms with Crippen LogP contribution in [-0.2, 0) is 0 Å². The second-order valence-corrected chi connectivity index (χ2v) is 7.00. The molecule has 24 heavy (non-hydrogen) atoms.